The smallest absolute Gasteiger partial charge is 0.345 e. The van der Waals surface area contributed by atoms with E-state index in [1.807, 2.05) is 39.8 Å². The lowest BCUT2D eigenvalue weighted by Crippen LogP contribution is -2.32. The third-order valence-corrected chi connectivity index (χ3v) is 3.41. The number of aliphatic carboxylic acids is 1. The zero-order valence-corrected chi connectivity index (χ0v) is 12.0. The Morgan fingerprint density at radius 2 is 1.88 bits per heavy atom. The standard InChI is InChI=1S/C13H17BrO3/c1-7(2)12(13(15)16)17-11-6-8(3)10(14)5-9(11)4/h5-7,12H,1-4H3,(H,15,16). The van der Waals surface area contributed by atoms with Crippen LogP contribution in [-0.4, -0.2) is 17.2 Å². The lowest BCUT2D eigenvalue weighted by atomic mass is 10.1. The van der Waals surface area contributed by atoms with E-state index in [-0.39, 0.29) is 5.92 Å². The molecule has 0 radical (unpaired) electrons. The van der Waals surface area contributed by atoms with Gasteiger partial charge in [0.1, 0.15) is 5.75 Å². The number of aryl methyl sites for hydroxylation is 2. The Morgan fingerprint density at radius 3 is 2.35 bits per heavy atom. The molecule has 0 heterocycles. The third kappa shape index (κ3) is 3.46. The van der Waals surface area contributed by atoms with Gasteiger partial charge in [-0.25, -0.2) is 4.79 Å². The first-order chi connectivity index (χ1) is 7.82. The molecular weight excluding hydrogens is 284 g/mol. The first-order valence-electron chi connectivity index (χ1n) is 5.49. The van der Waals surface area contributed by atoms with Gasteiger partial charge in [0, 0.05) is 10.4 Å². The second-order valence-electron chi connectivity index (χ2n) is 4.49. The number of halogens is 1. The van der Waals surface area contributed by atoms with E-state index in [4.69, 9.17) is 9.84 Å². The summed E-state index contributed by atoms with van der Waals surface area (Å²) in [7, 11) is 0. The van der Waals surface area contributed by atoms with E-state index in [0.29, 0.717) is 5.75 Å². The van der Waals surface area contributed by atoms with Gasteiger partial charge in [0.15, 0.2) is 6.10 Å². The molecule has 17 heavy (non-hydrogen) atoms. The zero-order valence-electron chi connectivity index (χ0n) is 10.5. The number of hydrogen-bond donors (Lipinski definition) is 1. The molecule has 0 fully saturated rings. The van der Waals surface area contributed by atoms with Crippen LogP contribution in [0.2, 0.25) is 0 Å². The molecule has 1 rings (SSSR count). The van der Waals surface area contributed by atoms with Crippen molar-refractivity contribution in [3.63, 3.8) is 0 Å². The van der Waals surface area contributed by atoms with Crippen LogP contribution < -0.4 is 4.74 Å². The summed E-state index contributed by atoms with van der Waals surface area (Å²) in [6, 6.07) is 3.79. The second kappa shape index (κ2) is 5.54. The van der Waals surface area contributed by atoms with E-state index in [1.165, 1.54) is 0 Å². The molecule has 1 unspecified atom stereocenters. The summed E-state index contributed by atoms with van der Waals surface area (Å²) in [4.78, 5) is 11.1. The van der Waals surface area contributed by atoms with Crippen LogP contribution in [0.3, 0.4) is 0 Å². The maximum Gasteiger partial charge on any atom is 0.345 e. The summed E-state index contributed by atoms with van der Waals surface area (Å²) in [5.74, 6) is -0.373. The first kappa shape index (κ1) is 14.0. The van der Waals surface area contributed by atoms with Gasteiger partial charge in [0.05, 0.1) is 0 Å². The lowest BCUT2D eigenvalue weighted by molar-refractivity contribution is -0.147. The molecule has 0 saturated carbocycles. The van der Waals surface area contributed by atoms with Crippen molar-refractivity contribution in [2.75, 3.05) is 0 Å². The van der Waals surface area contributed by atoms with Gasteiger partial charge in [0.25, 0.3) is 0 Å². The molecule has 0 bridgehead atoms. The molecule has 0 aliphatic heterocycles. The molecule has 0 aromatic heterocycles. The fraction of sp³-hybridized carbons (Fsp3) is 0.462. The van der Waals surface area contributed by atoms with Crippen LogP contribution in [0, 0.1) is 19.8 Å². The van der Waals surface area contributed by atoms with Crippen LogP contribution in [0.15, 0.2) is 16.6 Å². The van der Waals surface area contributed by atoms with Crippen molar-refractivity contribution in [3.8, 4) is 5.75 Å². The fourth-order valence-electron chi connectivity index (χ4n) is 1.49. The molecule has 1 N–H and O–H groups in total. The minimum absolute atomic E-state index is 0.0733. The van der Waals surface area contributed by atoms with Crippen molar-refractivity contribution in [3.05, 3.63) is 27.7 Å². The van der Waals surface area contributed by atoms with Crippen molar-refractivity contribution >= 4 is 21.9 Å². The lowest BCUT2D eigenvalue weighted by Gasteiger charge is -2.20. The van der Waals surface area contributed by atoms with Gasteiger partial charge in [-0.3, -0.25) is 0 Å². The van der Waals surface area contributed by atoms with Crippen molar-refractivity contribution in [2.45, 2.75) is 33.8 Å². The van der Waals surface area contributed by atoms with Crippen LogP contribution in [0.5, 0.6) is 5.75 Å². The van der Waals surface area contributed by atoms with Gasteiger partial charge in [0.2, 0.25) is 0 Å². The highest BCUT2D eigenvalue weighted by molar-refractivity contribution is 9.10. The van der Waals surface area contributed by atoms with Crippen LogP contribution in [-0.2, 0) is 4.79 Å². The molecule has 94 valence electrons. The average molecular weight is 301 g/mol. The minimum Gasteiger partial charge on any atom is -0.478 e. The van der Waals surface area contributed by atoms with E-state index in [2.05, 4.69) is 15.9 Å². The van der Waals surface area contributed by atoms with Crippen LogP contribution in [0.1, 0.15) is 25.0 Å². The Kier molecular flexibility index (Phi) is 4.57. The molecule has 0 spiro atoms. The largest absolute Gasteiger partial charge is 0.478 e. The predicted octanol–water partition coefficient (Wildman–Crippen LogP) is 3.55. The number of hydrogen-bond acceptors (Lipinski definition) is 2. The summed E-state index contributed by atoms with van der Waals surface area (Å²) < 4.78 is 6.58. The molecule has 0 amide bonds. The van der Waals surface area contributed by atoms with Gasteiger partial charge in [-0.05, 0) is 37.1 Å². The number of rotatable bonds is 4. The third-order valence-electron chi connectivity index (χ3n) is 2.56. The topological polar surface area (TPSA) is 46.5 Å². The number of carboxylic acids is 1. The Morgan fingerprint density at radius 1 is 1.29 bits per heavy atom. The Hall–Kier alpha value is -1.03. The van der Waals surface area contributed by atoms with Crippen molar-refractivity contribution in [1.82, 2.24) is 0 Å². The monoisotopic (exact) mass is 300 g/mol. The SMILES string of the molecule is Cc1cc(OC(C(=O)O)C(C)C)c(C)cc1Br. The number of benzene rings is 1. The summed E-state index contributed by atoms with van der Waals surface area (Å²) in [6.07, 6.45) is -0.811. The van der Waals surface area contributed by atoms with Crippen molar-refractivity contribution in [2.24, 2.45) is 5.92 Å². The summed E-state index contributed by atoms with van der Waals surface area (Å²) in [5.41, 5.74) is 1.95. The number of carbonyl (C=O) groups is 1. The molecule has 0 aliphatic rings. The molecule has 1 aromatic rings. The predicted molar refractivity (Wildman–Crippen MR) is 70.5 cm³/mol. The van der Waals surface area contributed by atoms with Crippen molar-refractivity contribution < 1.29 is 14.6 Å². The van der Waals surface area contributed by atoms with E-state index in [9.17, 15) is 4.79 Å². The molecule has 3 nitrogen and oxygen atoms in total. The molecule has 1 atom stereocenters. The van der Waals surface area contributed by atoms with Gasteiger partial charge in [-0.15, -0.1) is 0 Å². The molecule has 0 saturated heterocycles. The Balaban J connectivity index is 3.01. The Labute approximate surface area is 110 Å². The highest BCUT2D eigenvalue weighted by Crippen LogP contribution is 2.28. The second-order valence-corrected chi connectivity index (χ2v) is 5.34. The van der Waals surface area contributed by atoms with E-state index in [1.54, 1.807) is 0 Å². The fourth-order valence-corrected chi connectivity index (χ4v) is 1.95. The van der Waals surface area contributed by atoms with Gasteiger partial charge in [-0.1, -0.05) is 29.8 Å². The number of carboxylic acid groups (broad SMARTS) is 1. The summed E-state index contributed by atoms with van der Waals surface area (Å²) in [6.45, 7) is 7.51. The van der Waals surface area contributed by atoms with E-state index < -0.39 is 12.1 Å². The van der Waals surface area contributed by atoms with Crippen LogP contribution in [0.25, 0.3) is 0 Å². The average Bonchev–Trinajstić information content (AvgIpc) is 2.20. The molecule has 4 heteroatoms. The first-order valence-corrected chi connectivity index (χ1v) is 6.28. The van der Waals surface area contributed by atoms with Gasteiger partial charge < -0.3 is 9.84 Å². The highest BCUT2D eigenvalue weighted by Gasteiger charge is 2.24. The number of ether oxygens (including phenoxy) is 1. The quantitative estimate of drug-likeness (QED) is 0.925. The molecular formula is C13H17BrO3. The molecule has 0 aliphatic carbocycles. The van der Waals surface area contributed by atoms with E-state index >= 15 is 0 Å². The maximum absolute atomic E-state index is 11.1. The maximum atomic E-state index is 11.1. The Bertz CT molecular complexity index is 427. The summed E-state index contributed by atoms with van der Waals surface area (Å²) in [5, 5.41) is 9.09. The van der Waals surface area contributed by atoms with Crippen molar-refractivity contribution in [1.29, 1.82) is 0 Å². The summed E-state index contributed by atoms with van der Waals surface area (Å²) >= 11 is 3.43. The normalized spacial score (nSPS) is 12.6. The van der Waals surface area contributed by atoms with Gasteiger partial charge in [-0.2, -0.15) is 0 Å². The minimum atomic E-state index is -0.931. The zero-order chi connectivity index (χ0) is 13.2. The van der Waals surface area contributed by atoms with Gasteiger partial charge >= 0.3 is 5.97 Å². The van der Waals surface area contributed by atoms with E-state index in [0.717, 1.165) is 15.6 Å². The van der Waals surface area contributed by atoms with Crippen LogP contribution >= 0.6 is 15.9 Å². The molecule has 1 aromatic carbocycles. The van der Waals surface area contributed by atoms with Crippen LogP contribution in [0.4, 0.5) is 0 Å². The highest BCUT2D eigenvalue weighted by atomic mass is 79.9.